The predicted molar refractivity (Wildman–Crippen MR) is 57.7 cm³/mol. The summed E-state index contributed by atoms with van der Waals surface area (Å²) in [6.07, 6.45) is 3.75. The molecule has 0 atom stereocenters. The first-order valence-corrected chi connectivity index (χ1v) is 5.11. The maximum atomic E-state index is 11.5. The van der Waals surface area contributed by atoms with E-state index in [0.717, 1.165) is 25.2 Å². The van der Waals surface area contributed by atoms with Crippen LogP contribution < -0.4 is 4.90 Å². The normalized spacial score (nSPS) is 17.2. The minimum atomic E-state index is -0.255. The number of hydrogen-bond donors (Lipinski definition) is 1. The second-order valence-corrected chi connectivity index (χ2v) is 4.18. The Balaban J connectivity index is 2.00. The first-order valence-electron chi connectivity index (χ1n) is 5.11. The second-order valence-electron chi connectivity index (χ2n) is 4.18. The van der Waals surface area contributed by atoms with Crippen molar-refractivity contribution in [2.24, 2.45) is 5.41 Å². The van der Waals surface area contributed by atoms with Crippen LogP contribution in [-0.4, -0.2) is 31.7 Å². The molecule has 0 spiro atoms. The van der Waals surface area contributed by atoms with Gasteiger partial charge in [0, 0.05) is 19.8 Å². The molecule has 0 aromatic carbocycles. The fourth-order valence-corrected chi connectivity index (χ4v) is 1.89. The number of methoxy groups -OCH3 is 1. The molecule has 1 N–H and O–H groups in total. The van der Waals surface area contributed by atoms with E-state index in [1.54, 1.807) is 0 Å². The van der Waals surface area contributed by atoms with Gasteiger partial charge in [0.2, 0.25) is 0 Å². The van der Waals surface area contributed by atoms with Crippen molar-refractivity contribution < 1.29 is 9.53 Å². The molecule has 4 nitrogen and oxygen atoms in total. The molecule has 0 saturated heterocycles. The highest BCUT2D eigenvalue weighted by molar-refractivity contribution is 5.80. The summed E-state index contributed by atoms with van der Waals surface area (Å²) in [6.45, 7) is 0.722. The number of aromatic nitrogens is 1. The van der Waals surface area contributed by atoms with Crippen LogP contribution in [0.5, 0.6) is 0 Å². The molecule has 82 valence electrons. The Kier molecular flexibility index (Phi) is 2.42. The van der Waals surface area contributed by atoms with Crippen LogP contribution >= 0.6 is 0 Å². The molecule has 1 heterocycles. The molecule has 1 aliphatic carbocycles. The van der Waals surface area contributed by atoms with Crippen molar-refractivity contribution >= 4 is 11.8 Å². The van der Waals surface area contributed by atoms with E-state index in [1.807, 2.05) is 25.4 Å². The summed E-state index contributed by atoms with van der Waals surface area (Å²) >= 11 is 0. The maximum Gasteiger partial charge on any atom is 0.313 e. The summed E-state index contributed by atoms with van der Waals surface area (Å²) in [4.78, 5) is 16.7. The lowest BCUT2D eigenvalue weighted by molar-refractivity contribution is -0.146. The lowest BCUT2D eigenvalue weighted by atomic mass is 10.1. The van der Waals surface area contributed by atoms with Crippen LogP contribution in [0.2, 0.25) is 0 Å². The quantitative estimate of drug-likeness (QED) is 0.761. The molecule has 2 rings (SSSR count). The summed E-state index contributed by atoms with van der Waals surface area (Å²) in [7, 11) is 3.44. The lowest BCUT2D eigenvalue weighted by Crippen LogP contribution is -2.32. The fraction of sp³-hybridized carbons (Fsp3) is 0.545. The highest BCUT2D eigenvalue weighted by Gasteiger charge is 2.51. The van der Waals surface area contributed by atoms with Gasteiger partial charge in [0.25, 0.3) is 0 Å². The van der Waals surface area contributed by atoms with Crippen LogP contribution in [0.4, 0.5) is 5.82 Å². The molecule has 15 heavy (non-hydrogen) atoms. The molecule has 1 aliphatic rings. The average Bonchev–Trinajstić information content (AvgIpc) is 2.83. The lowest BCUT2D eigenvalue weighted by Gasteiger charge is -2.22. The molecule has 1 aromatic heterocycles. The van der Waals surface area contributed by atoms with E-state index in [2.05, 4.69) is 9.88 Å². The molecule has 0 bridgehead atoms. The monoisotopic (exact) mass is 208 g/mol. The number of carbonyl (C=O) groups is 1. The van der Waals surface area contributed by atoms with Crippen molar-refractivity contribution in [3.8, 4) is 0 Å². The van der Waals surface area contributed by atoms with Crippen LogP contribution in [0.1, 0.15) is 12.8 Å². The standard InChI is InChI=1S/C11H16N2O2/c1-13(9-4-3-7-12-9)8-11(5-6-11)10(14)15-2/h3-4,7,12H,5-6,8H2,1-2H3. The molecule has 0 amide bonds. The SMILES string of the molecule is COC(=O)C1(CN(C)c2ccc[nH]2)CC1. The molecule has 0 unspecified atom stereocenters. The first-order chi connectivity index (χ1) is 7.18. The number of hydrogen-bond acceptors (Lipinski definition) is 3. The smallest absolute Gasteiger partial charge is 0.313 e. The summed E-state index contributed by atoms with van der Waals surface area (Å²) in [5, 5.41) is 0. The second kappa shape index (κ2) is 3.61. The zero-order valence-electron chi connectivity index (χ0n) is 9.12. The summed E-state index contributed by atoms with van der Waals surface area (Å²) in [6, 6.07) is 3.94. The minimum absolute atomic E-state index is 0.0825. The highest BCUT2D eigenvalue weighted by atomic mass is 16.5. The predicted octanol–water partition coefficient (Wildman–Crippen LogP) is 1.40. The first kappa shape index (κ1) is 10.1. The van der Waals surface area contributed by atoms with Crippen LogP contribution in [-0.2, 0) is 9.53 Å². The van der Waals surface area contributed by atoms with E-state index in [9.17, 15) is 4.79 Å². The van der Waals surface area contributed by atoms with Crippen LogP contribution in [0.15, 0.2) is 18.3 Å². The summed E-state index contributed by atoms with van der Waals surface area (Å²) in [5.74, 6) is 0.950. The van der Waals surface area contributed by atoms with Crippen molar-refractivity contribution in [1.29, 1.82) is 0 Å². The number of anilines is 1. The van der Waals surface area contributed by atoms with E-state index in [1.165, 1.54) is 7.11 Å². The Morgan fingerprint density at radius 3 is 2.87 bits per heavy atom. The molecule has 1 saturated carbocycles. The zero-order chi connectivity index (χ0) is 10.9. The van der Waals surface area contributed by atoms with Gasteiger partial charge >= 0.3 is 5.97 Å². The Bertz CT molecular complexity index is 341. The number of ether oxygens (including phenoxy) is 1. The van der Waals surface area contributed by atoms with Gasteiger partial charge in [0.1, 0.15) is 5.82 Å². The van der Waals surface area contributed by atoms with Crippen molar-refractivity contribution in [1.82, 2.24) is 4.98 Å². The molecular weight excluding hydrogens is 192 g/mol. The van der Waals surface area contributed by atoms with E-state index in [4.69, 9.17) is 4.74 Å². The number of carbonyl (C=O) groups excluding carboxylic acids is 1. The molecule has 0 radical (unpaired) electrons. The number of H-pyrrole nitrogens is 1. The number of aromatic amines is 1. The number of esters is 1. The molecule has 1 fully saturated rings. The molecule has 4 heteroatoms. The van der Waals surface area contributed by atoms with Gasteiger partial charge in [-0.25, -0.2) is 0 Å². The summed E-state index contributed by atoms with van der Waals surface area (Å²) < 4.78 is 4.82. The third kappa shape index (κ3) is 1.84. The zero-order valence-corrected chi connectivity index (χ0v) is 9.12. The fourth-order valence-electron chi connectivity index (χ4n) is 1.89. The van der Waals surface area contributed by atoms with Crippen molar-refractivity contribution in [2.75, 3.05) is 25.6 Å². The van der Waals surface area contributed by atoms with Gasteiger partial charge in [-0.05, 0) is 25.0 Å². The Morgan fingerprint density at radius 2 is 2.40 bits per heavy atom. The third-order valence-corrected chi connectivity index (χ3v) is 3.00. The number of nitrogens with zero attached hydrogens (tertiary/aromatic N) is 1. The number of rotatable bonds is 4. The van der Waals surface area contributed by atoms with Gasteiger partial charge in [-0.1, -0.05) is 0 Å². The topological polar surface area (TPSA) is 45.3 Å². The van der Waals surface area contributed by atoms with Crippen LogP contribution in [0.25, 0.3) is 0 Å². The Hall–Kier alpha value is -1.45. The van der Waals surface area contributed by atoms with E-state index in [0.29, 0.717) is 0 Å². The van der Waals surface area contributed by atoms with E-state index >= 15 is 0 Å². The van der Waals surface area contributed by atoms with Gasteiger partial charge in [0.05, 0.1) is 12.5 Å². The van der Waals surface area contributed by atoms with Crippen LogP contribution in [0, 0.1) is 5.41 Å². The van der Waals surface area contributed by atoms with E-state index in [-0.39, 0.29) is 11.4 Å². The van der Waals surface area contributed by atoms with E-state index < -0.39 is 0 Å². The third-order valence-electron chi connectivity index (χ3n) is 3.00. The van der Waals surface area contributed by atoms with Crippen LogP contribution in [0.3, 0.4) is 0 Å². The van der Waals surface area contributed by atoms with Crippen molar-refractivity contribution in [3.63, 3.8) is 0 Å². The highest BCUT2D eigenvalue weighted by Crippen LogP contribution is 2.47. The van der Waals surface area contributed by atoms with Gasteiger partial charge < -0.3 is 14.6 Å². The van der Waals surface area contributed by atoms with Gasteiger partial charge in [-0.15, -0.1) is 0 Å². The Morgan fingerprint density at radius 1 is 1.67 bits per heavy atom. The Labute approximate surface area is 89.2 Å². The largest absolute Gasteiger partial charge is 0.469 e. The van der Waals surface area contributed by atoms with Gasteiger partial charge in [0.15, 0.2) is 0 Å². The van der Waals surface area contributed by atoms with Crippen molar-refractivity contribution in [2.45, 2.75) is 12.8 Å². The summed E-state index contributed by atoms with van der Waals surface area (Å²) in [5.41, 5.74) is -0.255. The number of nitrogens with one attached hydrogen (secondary N) is 1. The van der Waals surface area contributed by atoms with Gasteiger partial charge in [-0.3, -0.25) is 4.79 Å². The molecule has 0 aliphatic heterocycles. The van der Waals surface area contributed by atoms with Gasteiger partial charge in [-0.2, -0.15) is 0 Å². The maximum absolute atomic E-state index is 11.5. The van der Waals surface area contributed by atoms with Crippen molar-refractivity contribution in [3.05, 3.63) is 18.3 Å². The average molecular weight is 208 g/mol. The minimum Gasteiger partial charge on any atom is -0.469 e. The molecular formula is C11H16N2O2. The molecule has 1 aromatic rings.